The van der Waals surface area contributed by atoms with Crippen molar-refractivity contribution in [2.75, 3.05) is 20.3 Å². The SMILES string of the molecule is COC(=O)CNC(=O)COc1ccc(C(C)C)cc1. The molecule has 0 spiro atoms. The van der Waals surface area contributed by atoms with Crippen LogP contribution in [0.5, 0.6) is 5.75 Å². The minimum Gasteiger partial charge on any atom is -0.484 e. The van der Waals surface area contributed by atoms with Crippen molar-refractivity contribution in [3.8, 4) is 5.75 Å². The fourth-order valence-electron chi connectivity index (χ4n) is 1.39. The third-order valence-corrected chi connectivity index (χ3v) is 2.57. The molecule has 1 aromatic rings. The van der Waals surface area contributed by atoms with Crippen LogP contribution in [-0.2, 0) is 14.3 Å². The van der Waals surface area contributed by atoms with Crippen molar-refractivity contribution in [3.63, 3.8) is 0 Å². The molecule has 1 aromatic carbocycles. The number of ether oxygens (including phenoxy) is 2. The highest BCUT2D eigenvalue weighted by atomic mass is 16.5. The van der Waals surface area contributed by atoms with Gasteiger partial charge in [-0.15, -0.1) is 0 Å². The topological polar surface area (TPSA) is 64.6 Å². The van der Waals surface area contributed by atoms with Gasteiger partial charge in [0.15, 0.2) is 6.61 Å². The summed E-state index contributed by atoms with van der Waals surface area (Å²) in [5.74, 6) is 0.225. The zero-order valence-electron chi connectivity index (χ0n) is 11.4. The van der Waals surface area contributed by atoms with Crippen molar-refractivity contribution >= 4 is 11.9 Å². The number of nitrogens with one attached hydrogen (secondary N) is 1. The molecule has 0 aliphatic carbocycles. The van der Waals surface area contributed by atoms with E-state index in [0.29, 0.717) is 11.7 Å². The lowest BCUT2D eigenvalue weighted by atomic mass is 10.0. The fourth-order valence-corrected chi connectivity index (χ4v) is 1.39. The zero-order chi connectivity index (χ0) is 14.3. The van der Waals surface area contributed by atoms with Gasteiger partial charge in [-0.05, 0) is 23.6 Å². The first-order chi connectivity index (χ1) is 9.02. The minimum atomic E-state index is -0.491. The van der Waals surface area contributed by atoms with Gasteiger partial charge in [0.25, 0.3) is 5.91 Å². The lowest BCUT2D eigenvalue weighted by Crippen LogP contribution is -2.33. The molecule has 1 N–H and O–H groups in total. The van der Waals surface area contributed by atoms with Crippen LogP contribution in [0, 0.1) is 0 Å². The second kappa shape index (κ2) is 7.41. The number of benzene rings is 1. The van der Waals surface area contributed by atoms with Gasteiger partial charge in [0, 0.05) is 0 Å². The molecule has 1 amide bonds. The second-order valence-electron chi connectivity index (χ2n) is 4.37. The molecule has 0 atom stereocenters. The molecule has 5 heteroatoms. The molecular formula is C14H19NO4. The van der Waals surface area contributed by atoms with Gasteiger partial charge in [0.05, 0.1) is 7.11 Å². The summed E-state index contributed by atoms with van der Waals surface area (Å²) < 4.78 is 9.71. The van der Waals surface area contributed by atoms with Crippen molar-refractivity contribution in [2.45, 2.75) is 19.8 Å². The van der Waals surface area contributed by atoms with Gasteiger partial charge < -0.3 is 14.8 Å². The molecule has 0 aliphatic heterocycles. The van der Waals surface area contributed by atoms with E-state index in [2.05, 4.69) is 23.9 Å². The maximum atomic E-state index is 11.4. The molecule has 104 valence electrons. The largest absolute Gasteiger partial charge is 0.484 e. The first kappa shape index (κ1) is 15.0. The molecule has 0 aliphatic rings. The molecule has 0 heterocycles. The van der Waals surface area contributed by atoms with Crippen LogP contribution in [-0.4, -0.2) is 32.1 Å². The van der Waals surface area contributed by atoms with Crippen LogP contribution < -0.4 is 10.1 Å². The van der Waals surface area contributed by atoms with E-state index >= 15 is 0 Å². The Morgan fingerprint density at radius 1 is 1.21 bits per heavy atom. The van der Waals surface area contributed by atoms with Gasteiger partial charge in [0.1, 0.15) is 12.3 Å². The minimum absolute atomic E-state index is 0.127. The van der Waals surface area contributed by atoms with Crippen molar-refractivity contribution in [3.05, 3.63) is 29.8 Å². The summed E-state index contributed by atoms with van der Waals surface area (Å²) in [5, 5.41) is 2.39. The lowest BCUT2D eigenvalue weighted by molar-refractivity contribution is -0.141. The van der Waals surface area contributed by atoms with Crippen molar-refractivity contribution in [1.82, 2.24) is 5.32 Å². The van der Waals surface area contributed by atoms with E-state index in [9.17, 15) is 9.59 Å². The summed E-state index contributed by atoms with van der Waals surface area (Å²) in [7, 11) is 1.27. The lowest BCUT2D eigenvalue weighted by Gasteiger charge is -2.09. The number of esters is 1. The zero-order valence-corrected chi connectivity index (χ0v) is 11.4. The van der Waals surface area contributed by atoms with E-state index in [1.54, 1.807) is 0 Å². The summed E-state index contributed by atoms with van der Waals surface area (Å²) in [6.45, 7) is 3.94. The smallest absolute Gasteiger partial charge is 0.325 e. The van der Waals surface area contributed by atoms with E-state index in [-0.39, 0.29) is 19.1 Å². The number of carbonyl (C=O) groups excluding carboxylic acids is 2. The molecule has 5 nitrogen and oxygen atoms in total. The highest BCUT2D eigenvalue weighted by Crippen LogP contribution is 2.18. The van der Waals surface area contributed by atoms with E-state index in [4.69, 9.17) is 4.74 Å². The molecule has 1 rings (SSSR count). The summed E-state index contributed by atoms with van der Waals surface area (Å²) in [6.07, 6.45) is 0. The van der Waals surface area contributed by atoms with Crippen molar-refractivity contribution in [2.24, 2.45) is 0 Å². The van der Waals surface area contributed by atoms with Crippen LogP contribution >= 0.6 is 0 Å². The van der Waals surface area contributed by atoms with E-state index in [1.807, 2.05) is 24.3 Å². The predicted molar refractivity (Wildman–Crippen MR) is 71.1 cm³/mol. The second-order valence-corrected chi connectivity index (χ2v) is 4.37. The Hall–Kier alpha value is -2.04. The molecule has 0 saturated heterocycles. The first-order valence-electron chi connectivity index (χ1n) is 6.09. The van der Waals surface area contributed by atoms with E-state index in [0.717, 1.165) is 0 Å². The van der Waals surface area contributed by atoms with Crippen LogP contribution in [0.25, 0.3) is 0 Å². The predicted octanol–water partition coefficient (Wildman–Crippen LogP) is 1.48. The third-order valence-electron chi connectivity index (χ3n) is 2.57. The average molecular weight is 265 g/mol. The average Bonchev–Trinajstić information content (AvgIpc) is 2.42. The number of methoxy groups -OCH3 is 1. The van der Waals surface area contributed by atoms with Crippen LogP contribution in [0.1, 0.15) is 25.3 Å². The Morgan fingerprint density at radius 3 is 2.37 bits per heavy atom. The van der Waals surface area contributed by atoms with Gasteiger partial charge in [0.2, 0.25) is 0 Å². The van der Waals surface area contributed by atoms with Crippen molar-refractivity contribution in [1.29, 1.82) is 0 Å². The molecule has 0 fully saturated rings. The molecule has 19 heavy (non-hydrogen) atoms. The molecule has 0 unspecified atom stereocenters. The molecule has 0 aromatic heterocycles. The Kier molecular flexibility index (Phi) is 5.85. The molecular weight excluding hydrogens is 246 g/mol. The fraction of sp³-hybridized carbons (Fsp3) is 0.429. The van der Waals surface area contributed by atoms with Gasteiger partial charge in [-0.25, -0.2) is 0 Å². The summed E-state index contributed by atoms with van der Waals surface area (Å²) in [5.41, 5.74) is 1.21. The normalized spacial score (nSPS) is 10.1. The maximum Gasteiger partial charge on any atom is 0.325 e. The Bertz CT molecular complexity index is 426. The van der Waals surface area contributed by atoms with Crippen LogP contribution in [0.2, 0.25) is 0 Å². The van der Waals surface area contributed by atoms with Gasteiger partial charge in [-0.3, -0.25) is 9.59 Å². The van der Waals surface area contributed by atoms with Crippen LogP contribution in [0.15, 0.2) is 24.3 Å². The number of hydrogen-bond acceptors (Lipinski definition) is 4. The highest BCUT2D eigenvalue weighted by molar-refractivity contribution is 5.82. The molecule has 0 radical (unpaired) electrons. The van der Waals surface area contributed by atoms with Crippen molar-refractivity contribution < 1.29 is 19.1 Å². The van der Waals surface area contributed by atoms with Gasteiger partial charge >= 0.3 is 5.97 Å². The number of hydrogen-bond donors (Lipinski definition) is 1. The maximum absolute atomic E-state index is 11.4. The monoisotopic (exact) mass is 265 g/mol. The quantitative estimate of drug-likeness (QED) is 0.791. The summed E-state index contributed by atoms with van der Waals surface area (Å²) in [4.78, 5) is 22.2. The Labute approximate surface area is 112 Å². The van der Waals surface area contributed by atoms with Crippen LogP contribution in [0.4, 0.5) is 0 Å². The van der Waals surface area contributed by atoms with E-state index < -0.39 is 5.97 Å². The first-order valence-corrected chi connectivity index (χ1v) is 6.09. The van der Waals surface area contributed by atoms with Crippen LogP contribution in [0.3, 0.4) is 0 Å². The molecule has 0 saturated carbocycles. The Morgan fingerprint density at radius 2 is 1.84 bits per heavy atom. The number of rotatable bonds is 6. The summed E-state index contributed by atoms with van der Waals surface area (Å²) >= 11 is 0. The van der Waals surface area contributed by atoms with Gasteiger partial charge in [-0.2, -0.15) is 0 Å². The molecule has 0 bridgehead atoms. The van der Waals surface area contributed by atoms with E-state index in [1.165, 1.54) is 12.7 Å². The standard InChI is InChI=1S/C14H19NO4/c1-10(2)11-4-6-12(7-5-11)19-9-13(16)15-8-14(17)18-3/h4-7,10H,8-9H2,1-3H3,(H,15,16). The summed E-state index contributed by atoms with van der Waals surface area (Å²) in [6, 6.07) is 7.57. The highest BCUT2D eigenvalue weighted by Gasteiger charge is 2.06. The van der Waals surface area contributed by atoms with Gasteiger partial charge in [-0.1, -0.05) is 26.0 Å². The Balaban J connectivity index is 2.35. The number of amides is 1. The number of carbonyl (C=O) groups is 2. The third kappa shape index (κ3) is 5.42.